The average molecular weight is 307 g/mol. The van der Waals surface area contributed by atoms with Gasteiger partial charge in [-0.2, -0.15) is 0 Å². The highest BCUT2D eigenvalue weighted by Crippen LogP contribution is 2.20. The van der Waals surface area contributed by atoms with Gasteiger partial charge in [-0.05, 0) is 36.2 Å². The molecule has 3 aromatic rings. The molecule has 2 aromatic carbocycles. The van der Waals surface area contributed by atoms with Gasteiger partial charge in [0.2, 0.25) is 17.7 Å². The van der Waals surface area contributed by atoms with E-state index in [2.05, 4.69) is 15.5 Å². The molecule has 0 fully saturated rings. The molecule has 0 saturated heterocycles. The number of rotatable bonds is 5. The molecule has 1 heterocycles. The van der Waals surface area contributed by atoms with Crippen LogP contribution in [0.1, 0.15) is 17.9 Å². The first kappa shape index (κ1) is 15.0. The topological polar surface area (TPSA) is 68.0 Å². The number of nitrogens with one attached hydrogen (secondary N) is 1. The zero-order valence-electron chi connectivity index (χ0n) is 12.8. The first-order chi connectivity index (χ1) is 11.2. The second kappa shape index (κ2) is 6.87. The van der Waals surface area contributed by atoms with Gasteiger partial charge in [-0.3, -0.25) is 4.79 Å². The summed E-state index contributed by atoms with van der Waals surface area (Å²) < 4.78 is 5.37. The summed E-state index contributed by atoms with van der Waals surface area (Å²) in [6.45, 7) is 1.75. The van der Waals surface area contributed by atoms with Gasteiger partial charge in [0.05, 0.1) is 0 Å². The van der Waals surface area contributed by atoms with Gasteiger partial charge in [-0.15, -0.1) is 10.2 Å². The van der Waals surface area contributed by atoms with Crippen LogP contribution in [0.4, 0.5) is 5.69 Å². The molecule has 1 N–H and O–H groups in total. The highest BCUT2D eigenvalue weighted by atomic mass is 16.4. The molecule has 3 rings (SSSR count). The van der Waals surface area contributed by atoms with Crippen LogP contribution in [0, 0.1) is 6.92 Å². The maximum atomic E-state index is 12.0. The number of aryl methyl sites for hydroxylation is 2. The lowest BCUT2D eigenvalue weighted by Crippen LogP contribution is -2.12. The van der Waals surface area contributed by atoms with Crippen LogP contribution in [0.5, 0.6) is 0 Å². The molecule has 0 aliphatic carbocycles. The quantitative estimate of drug-likeness (QED) is 0.781. The van der Waals surface area contributed by atoms with Crippen molar-refractivity contribution in [1.82, 2.24) is 10.2 Å². The number of anilines is 1. The lowest BCUT2D eigenvalue weighted by molar-refractivity contribution is -0.116. The number of carbonyl (C=O) groups is 1. The molecule has 0 spiro atoms. The molecule has 0 aliphatic heterocycles. The lowest BCUT2D eigenvalue weighted by atomic mass is 10.1. The van der Waals surface area contributed by atoms with E-state index < -0.39 is 0 Å². The summed E-state index contributed by atoms with van der Waals surface area (Å²) in [5.74, 6) is 0.998. The molecule has 5 heteroatoms. The number of benzene rings is 2. The molecule has 0 bridgehead atoms. The molecule has 0 radical (unpaired) electrons. The lowest BCUT2D eigenvalue weighted by Gasteiger charge is -2.06. The Morgan fingerprint density at radius 3 is 2.43 bits per heavy atom. The van der Waals surface area contributed by atoms with Gasteiger partial charge in [0, 0.05) is 24.6 Å². The number of amides is 1. The average Bonchev–Trinajstić information content (AvgIpc) is 3.01. The van der Waals surface area contributed by atoms with E-state index in [4.69, 9.17) is 4.42 Å². The van der Waals surface area contributed by atoms with Crippen LogP contribution in [0.2, 0.25) is 0 Å². The molecule has 23 heavy (non-hydrogen) atoms. The second-order valence-corrected chi connectivity index (χ2v) is 5.24. The summed E-state index contributed by atoms with van der Waals surface area (Å²) in [5, 5.41) is 10.7. The van der Waals surface area contributed by atoms with Crippen LogP contribution in [0.25, 0.3) is 11.5 Å². The van der Waals surface area contributed by atoms with Crippen LogP contribution < -0.4 is 5.32 Å². The second-order valence-electron chi connectivity index (χ2n) is 5.24. The molecule has 0 unspecified atom stereocenters. The number of nitrogens with zero attached hydrogens (tertiary/aromatic N) is 2. The monoisotopic (exact) mass is 307 g/mol. The predicted octanol–water partition coefficient (Wildman–Crippen LogP) is 3.62. The third-order valence-corrected chi connectivity index (χ3v) is 3.43. The Balaban J connectivity index is 1.56. The van der Waals surface area contributed by atoms with Gasteiger partial charge in [-0.25, -0.2) is 0 Å². The summed E-state index contributed by atoms with van der Waals surface area (Å²) in [4.78, 5) is 12.0. The van der Waals surface area contributed by atoms with Crippen molar-refractivity contribution >= 4 is 11.6 Å². The van der Waals surface area contributed by atoms with Crippen molar-refractivity contribution in [2.75, 3.05) is 5.32 Å². The van der Waals surface area contributed by atoms with Gasteiger partial charge >= 0.3 is 0 Å². The molecule has 0 aliphatic rings. The molecular weight excluding hydrogens is 290 g/mol. The van der Waals surface area contributed by atoms with E-state index >= 15 is 0 Å². The Kier molecular flexibility index (Phi) is 4.47. The maximum Gasteiger partial charge on any atom is 0.247 e. The minimum absolute atomic E-state index is 0.00441. The maximum absolute atomic E-state index is 12.0. The summed E-state index contributed by atoms with van der Waals surface area (Å²) in [6.07, 6.45) is 1.18. The fraction of sp³-hybridized carbons (Fsp3) is 0.167. The van der Waals surface area contributed by atoms with Crippen molar-refractivity contribution in [3.8, 4) is 11.5 Å². The normalized spacial score (nSPS) is 10.5. The van der Waals surface area contributed by atoms with E-state index in [1.165, 1.54) is 0 Å². The van der Waals surface area contributed by atoms with E-state index in [0.717, 1.165) is 23.2 Å². The molecular formula is C18H17N3O2. The number of carbonyl (C=O) groups excluding carboxylic acids is 1. The van der Waals surface area contributed by atoms with Crippen molar-refractivity contribution in [2.45, 2.75) is 19.8 Å². The van der Waals surface area contributed by atoms with E-state index in [-0.39, 0.29) is 5.91 Å². The fourth-order valence-corrected chi connectivity index (χ4v) is 2.24. The van der Waals surface area contributed by atoms with E-state index in [1.54, 1.807) is 6.92 Å². The summed E-state index contributed by atoms with van der Waals surface area (Å²) in [7, 11) is 0. The number of aromatic nitrogens is 2. The number of hydrogen-bond acceptors (Lipinski definition) is 4. The van der Waals surface area contributed by atoms with Crippen molar-refractivity contribution in [3.63, 3.8) is 0 Å². The van der Waals surface area contributed by atoms with Gasteiger partial charge in [0.15, 0.2) is 0 Å². The van der Waals surface area contributed by atoms with E-state index in [0.29, 0.717) is 18.2 Å². The van der Waals surface area contributed by atoms with Gasteiger partial charge < -0.3 is 9.73 Å². The highest BCUT2D eigenvalue weighted by molar-refractivity contribution is 5.91. The first-order valence-electron chi connectivity index (χ1n) is 7.45. The first-order valence-corrected chi connectivity index (χ1v) is 7.45. The van der Waals surface area contributed by atoms with Gasteiger partial charge in [-0.1, -0.05) is 30.3 Å². The largest absolute Gasteiger partial charge is 0.421 e. The SMILES string of the molecule is Cc1nnc(-c2ccc(NC(=O)CCc3ccccc3)cc2)o1. The molecule has 116 valence electrons. The fourth-order valence-electron chi connectivity index (χ4n) is 2.24. The Morgan fingerprint density at radius 2 is 1.78 bits per heavy atom. The minimum atomic E-state index is -0.00441. The van der Waals surface area contributed by atoms with Crippen LogP contribution >= 0.6 is 0 Å². The summed E-state index contributed by atoms with van der Waals surface area (Å²) in [5.41, 5.74) is 2.74. The molecule has 5 nitrogen and oxygen atoms in total. The highest BCUT2D eigenvalue weighted by Gasteiger charge is 2.07. The third kappa shape index (κ3) is 4.03. The predicted molar refractivity (Wildman–Crippen MR) is 87.9 cm³/mol. The molecule has 1 aromatic heterocycles. The Labute approximate surface area is 134 Å². The molecule has 1 amide bonds. The zero-order valence-corrected chi connectivity index (χ0v) is 12.8. The van der Waals surface area contributed by atoms with Gasteiger partial charge in [0.25, 0.3) is 0 Å². The van der Waals surface area contributed by atoms with E-state index in [1.807, 2.05) is 54.6 Å². The zero-order chi connectivity index (χ0) is 16.1. The van der Waals surface area contributed by atoms with Crippen molar-refractivity contribution in [3.05, 3.63) is 66.1 Å². The molecule has 0 saturated carbocycles. The summed E-state index contributed by atoms with van der Waals surface area (Å²) >= 11 is 0. The number of hydrogen-bond donors (Lipinski definition) is 1. The third-order valence-electron chi connectivity index (χ3n) is 3.43. The van der Waals surface area contributed by atoms with Crippen LogP contribution in [0.15, 0.2) is 59.0 Å². The van der Waals surface area contributed by atoms with Crippen molar-refractivity contribution < 1.29 is 9.21 Å². The Hall–Kier alpha value is -2.95. The summed E-state index contributed by atoms with van der Waals surface area (Å²) in [6, 6.07) is 17.3. The standard InChI is InChI=1S/C18H17N3O2/c1-13-20-21-18(23-13)15-8-10-16(11-9-15)19-17(22)12-7-14-5-3-2-4-6-14/h2-6,8-11H,7,12H2,1H3,(H,19,22). The van der Waals surface area contributed by atoms with Crippen LogP contribution in [-0.2, 0) is 11.2 Å². The van der Waals surface area contributed by atoms with Crippen LogP contribution in [0.3, 0.4) is 0 Å². The smallest absolute Gasteiger partial charge is 0.247 e. The molecule has 0 atom stereocenters. The Bertz CT molecular complexity index is 780. The van der Waals surface area contributed by atoms with Crippen molar-refractivity contribution in [1.29, 1.82) is 0 Å². The van der Waals surface area contributed by atoms with Crippen LogP contribution in [-0.4, -0.2) is 16.1 Å². The minimum Gasteiger partial charge on any atom is -0.421 e. The van der Waals surface area contributed by atoms with Crippen molar-refractivity contribution in [2.24, 2.45) is 0 Å². The van der Waals surface area contributed by atoms with E-state index in [9.17, 15) is 4.79 Å². The Morgan fingerprint density at radius 1 is 1.04 bits per heavy atom. The van der Waals surface area contributed by atoms with Gasteiger partial charge in [0.1, 0.15) is 0 Å².